The maximum atomic E-state index is 5.58. The molecule has 0 radical (unpaired) electrons. The van der Waals surface area contributed by atoms with Gasteiger partial charge in [-0.15, -0.1) is 0 Å². The summed E-state index contributed by atoms with van der Waals surface area (Å²) in [6.45, 7) is 7.38. The molecule has 1 aromatic carbocycles. The van der Waals surface area contributed by atoms with E-state index in [9.17, 15) is 0 Å². The molecule has 7 nitrogen and oxygen atoms in total. The zero-order valence-corrected chi connectivity index (χ0v) is 18.1. The normalized spacial score (nSPS) is 26.2. The van der Waals surface area contributed by atoms with Crippen molar-refractivity contribution < 1.29 is 4.74 Å². The lowest BCUT2D eigenvalue weighted by molar-refractivity contribution is 0.390. The molecule has 1 aliphatic heterocycles. The molecule has 1 saturated carbocycles. The van der Waals surface area contributed by atoms with Crippen molar-refractivity contribution in [3.05, 3.63) is 41.5 Å². The molecule has 0 saturated heterocycles. The minimum Gasteiger partial charge on any atom is -0.496 e. The van der Waals surface area contributed by atoms with E-state index >= 15 is 0 Å². The third-order valence-electron chi connectivity index (χ3n) is 6.23. The first-order valence-electron chi connectivity index (χ1n) is 10.5. The average Bonchev–Trinajstić information content (AvgIpc) is 3.18. The van der Waals surface area contributed by atoms with Crippen LogP contribution in [0.2, 0.25) is 0 Å². The summed E-state index contributed by atoms with van der Waals surface area (Å²) >= 11 is 0. The minimum absolute atomic E-state index is 0.0576. The summed E-state index contributed by atoms with van der Waals surface area (Å²) in [6.07, 6.45) is 3.03. The zero-order chi connectivity index (χ0) is 20.6. The zero-order valence-electron chi connectivity index (χ0n) is 18.1. The molecule has 156 valence electrons. The third kappa shape index (κ3) is 3.82. The van der Waals surface area contributed by atoms with Crippen LogP contribution in [0.15, 0.2) is 29.3 Å². The van der Waals surface area contributed by atoms with Crippen LogP contribution in [0, 0.1) is 0 Å². The van der Waals surface area contributed by atoms with E-state index in [1.807, 2.05) is 19.2 Å². The van der Waals surface area contributed by atoms with Crippen molar-refractivity contribution in [2.45, 2.75) is 70.0 Å². The van der Waals surface area contributed by atoms with Crippen LogP contribution in [-0.4, -0.2) is 47.0 Å². The van der Waals surface area contributed by atoms with Gasteiger partial charge < -0.3 is 15.4 Å². The SMILES string of the molecule is CN=C(NC1CCc2nc(C(C)C)nn2C1)NC1CC1(C)c1ccccc1OC. The molecule has 2 heterocycles. The van der Waals surface area contributed by atoms with Crippen LogP contribution in [0.1, 0.15) is 56.7 Å². The molecular weight excluding hydrogens is 364 g/mol. The molecule has 4 rings (SSSR count). The van der Waals surface area contributed by atoms with Crippen LogP contribution in [0.5, 0.6) is 5.75 Å². The van der Waals surface area contributed by atoms with Gasteiger partial charge in [0.05, 0.1) is 13.7 Å². The van der Waals surface area contributed by atoms with Gasteiger partial charge in [0.1, 0.15) is 11.6 Å². The number of hydrogen-bond acceptors (Lipinski definition) is 4. The number of aromatic nitrogens is 3. The molecule has 7 heteroatoms. The summed E-state index contributed by atoms with van der Waals surface area (Å²) in [5.74, 6) is 4.20. The van der Waals surface area contributed by atoms with Gasteiger partial charge in [-0.25, -0.2) is 9.67 Å². The highest BCUT2D eigenvalue weighted by molar-refractivity contribution is 5.81. The fraction of sp³-hybridized carbons (Fsp3) is 0.591. The van der Waals surface area contributed by atoms with Gasteiger partial charge in [0, 0.05) is 42.4 Å². The van der Waals surface area contributed by atoms with Crippen LogP contribution < -0.4 is 15.4 Å². The van der Waals surface area contributed by atoms with E-state index in [4.69, 9.17) is 4.74 Å². The maximum Gasteiger partial charge on any atom is 0.191 e. The molecule has 0 bridgehead atoms. The van der Waals surface area contributed by atoms with E-state index < -0.39 is 0 Å². The van der Waals surface area contributed by atoms with Gasteiger partial charge in [-0.1, -0.05) is 39.0 Å². The van der Waals surface area contributed by atoms with Crippen molar-refractivity contribution in [3.63, 3.8) is 0 Å². The number of rotatable bonds is 5. The molecule has 2 aromatic rings. The monoisotopic (exact) mass is 396 g/mol. The average molecular weight is 397 g/mol. The molecule has 3 atom stereocenters. The van der Waals surface area contributed by atoms with Crippen molar-refractivity contribution in [1.29, 1.82) is 0 Å². The molecule has 1 fully saturated rings. The second kappa shape index (κ2) is 7.69. The van der Waals surface area contributed by atoms with Crippen LogP contribution in [-0.2, 0) is 18.4 Å². The molecule has 2 N–H and O–H groups in total. The first kappa shape index (κ1) is 19.7. The number of nitrogens with zero attached hydrogens (tertiary/aromatic N) is 4. The number of aliphatic imine (C=N–C) groups is 1. The lowest BCUT2D eigenvalue weighted by Gasteiger charge is -2.26. The van der Waals surface area contributed by atoms with Crippen molar-refractivity contribution in [2.75, 3.05) is 14.2 Å². The fourth-order valence-electron chi connectivity index (χ4n) is 4.21. The van der Waals surface area contributed by atoms with Crippen molar-refractivity contribution >= 4 is 5.96 Å². The first-order chi connectivity index (χ1) is 13.9. The van der Waals surface area contributed by atoms with Crippen LogP contribution in [0.25, 0.3) is 0 Å². The number of benzene rings is 1. The van der Waals surface area contributed by atoms with Crippen molar-refractivity contribution in [3.8, 4) is 5.75 Å². The summed E-state index contributed by atoms with van der Waals surface area (Å²) in [5.41, 5.74) is 1.31. The van der Waals surface area contributed by atoms with E-state index in [-0.39, 0.29) is 5.41 Å². The third-order valence-corrected chi connectivity index (χ3v) is 6.23. The Morgan fingerprint density at radius 2 is 2.10 bits per heavy atom. The minimum atomic E-state index is 0.0576. The Kier molecular flexibility index (Phi) is 5.23. The van der Waals surface area contributed by atoms with E-state index in [2.05, 4.69) is 63.3 Å². The molecule has 0 amide bonds. The summed E-state index contributed by atoms with van der Waals surface area (Å²) in [4.78, 5) is 9.15. The predicted octanol–water partition coefficient (Wildman–Crippen LogP) is 2.62. The molecule has 1 aromatic heterocycles. The predicted molar refractivity (Wildman–Crippen MR) is 115 cm³/mol. The van der Waals surface area contributed by atoms with E-state index in [0.717, 1.165) is 49.2 Å². The fourth-order valence-corrected chi connectivity index (χ4v) is 4.21. The number of guanidine groups is 1. The summed E-state index contributed by atoms with van der Waals surface area (Å²) in [7, 11) is 3.57. The lowest BCUT2D eigenvalue weighted by atomic mass is 9.96. The van der Waals surface area contributed by atoms with E-state index in [0.29, 0.717) is 18.0 Å². The highest BCUT2D eigenvalue weighted by Crippen LogP contribution is 2.50. The molecule has 2 aliphatic rings. The van der Waals surface area contributed by atoms with Crippen LogP contribution >= 0.6 is 0 Å². The van der Waals surface area contributed by atoms with Gasteiger partial charge >= 0.3 is 0 Å². The smallest absolute Gasteiger partial charge is 0.191 e. The number of hydrogen-bond donors (Lipinski definition) is 2. The number of para-hydroxylation sites is 1. The van der Waals surface area contributed by atoms with E-state index in [1.54, 1.807) is 7.11 Å². The highest BCUT2D eigenvalue weighted by Gasteiger charge is 2.53. The number of aryl methyl sites for hydroxylation is 1. The Morgan fingerprint density at radius 3 is 2.83 bits per heavy atom. The Hall–Kier alpha value is -2.57. The van der Waals surface area contributed by atoms with Gasteiger partial charge in [-0.3, -0.25) is 4.99 Å². The van der Waals surface area contributed by atoms with Crippen LogP contribution in [0.4, 0.5) is 0 Å². The van der Waals surface area contributed by atoms with Crippen LogP contribution in [0.3, 0.4) is 0 Å². The maximum absolute atomic E-state index is 5.58. The Labute approximate surface area is 173 Å². The van der Waals surface area contributed by atoms with Gasteiger partial charge in [0.2, 0.25) is 0 Å². The molecule has 29 heavy (non-hydrogen) atoms. The largest absolute Gasteiger partial charge is 0.496 e. The molecule has 3 unspecified atom stereocenters. The highest BCUT2D eigenvalue weighted by atomic mass is 16.5. The quantitative estimate of drug-likeness (QED) is 0.600. The van der Waals surface area contributed by atoms with Crippen molar-refractivity contribution in [2.24, 2.45) is 4.99 Å². The number of fused-ring (bicyclic) bond motifs is 1. The van der Waals surface area contributed by atoms with Gasteiger partial charge in [-0.05, 0) is 18.9 Å². The number of methoxy groups -OCH3 is 1. The molecule has 1 aliphatic carbocycles. The summed E-state index contributed by atoms with van der Waals surface area (Å²) in [6, 6.07) is 8.93. The van der Waals surface area contributed by atoms with E-state index in [1.165, 1.54) is 5.56 Å². The van der Waals surface area contributed by atoms with Gasteiger partial charge in [-0.2, -0.15) is 5.10 Å². The summed E-state index contributed by atoms with van der Waals surface area (Å²) < 4.78 is 7.63. The topological polar surface area (TPSA) is 76.4 Å². The van der Waals surface area contributed by atoms with Gasteiger partial charge in [0.15, 0.2) is 11.8 Å². The first-order valence-corrected chi connectivity index (χ1v) is 10.5. The van der Waals surface area contributed by atoms with Crippen molar-refractivity contribution in [1.82, 2.24) is 25.4 Å². The standard InChI is InChI=1S/C22H32N6O/c1-14(2)20-26-19-11-10-15(13-28(19)27-20)24-21(23-4)25-18-12-22(18,3)16-8-6-7-9-17(16)29-5/h6-9,14-15,18H,10-13H2,1-5H3,(H2,23,24,25). The summed E-state index contributed by atoms with van der Waals surface area (Å²) in [5, 5.41) is 11.9. The Balaban J connectivity index is 1.39. The number of ether oxygens (including phenoxy) is 1. The Bertz CT molecular complexity index is 904. The second-order valence-electron chi connectivity index (χ2n) is 8.69. The second-order valence-corrected chi connectivity index (χ2v) is 8.69. The molecule has 0 spiro atoms. The lowest BCUT2D eigenvalue weighted by Crippen LogP contribution is -2.48. The molecular formula is C22H32N6O. The Morgan fingerprint density at radius 1 is 1.31 bits per heavy atom. The van der Waals surface area contributed by atoms with Gasteiger partial charge in [0.25, 0.3) is 0 Å². The number of nitrogens with one attached hydrogen (secondary N) is 2.